The monoisotopic (exact) mass is 203 g/mol. The van der Waals surface area contributed by atoms with Crippen LogP contribution >= 0.6 is 0 Å². The molecule has 3 heteroatoms. The number of para-hydroxylation sites is 1. The van der Waals surface area contributed by atoms with Gasteiger partial charge in [0.25, 0.3) is 0 Å². The number of fused-ring (bicyclic) bond motifs is 1. The van der Waals surface area contributed by atoms with Crippen LogP contribution in [0.3, 0.4) is 0 Å². The summed E-state index contributed by atoms with van der Waals surface area (Å²) >= 11 is 0. The largest absolute Gasteiger partial charge is 0.369 e. The summed E-state index contributed by atoms with van der Waals surface area (Å²) in [5.74, 6) is 0.619. The van der Waals surface area contributed by atoms with Gasteiger partial charge >= 0.3 is 0 Å². The van der Waals surface area contributed by atoms with Gasteiger partial charge < -0.3 is 10.3 Å². The molecule has 0 saturated carbocycles. The van der Waals surface area contributed by atoms with E-state index in [4.69, 9.17) is 5.73 Å². The van der Waals surface area contributed by atoms with Gasteiger partial charge in [-0.05, 0) is 31.9 Å². The molecular formula is C12H17N3. The highest BCUT2D eigenvalue weighted by Gasteiger charge is 2.13. The van der Waals surface area contributed by atoms with Crippen LogP contribution in [-0.2, 0) is 0 Å². The van der Waals surface area contributed by atoms with Crippen molar-refractivity contribution in [2.45, 2.75) is 33.2 Å². The minimum Gasteiger partial charge on any atom is -0.369 e. The van der Waals surface area contributed by atoms with Crippen molar-refractivity contribution >= 4 is 17.0 Å². The lowest BCUT2D eigenvalue weighted by atomic mass is 10.2. The first-order valence-electron chi connectivity index (χ1n) is 5.38. The zero-order valence-electron chi connectivity index (χ0n) is 9.49. The van der Waals surface area contributed by atoms with Crippen molar-refractivity contribution in [3.05, 3.63) is 23.8 Å². The van der Waals surface area contributed by atoms with Gasteiger partial charge in [0, 0.05) is 6.04 Å². The van der Waals surface area contributed by atoms with Gasteiger partial charge in [0.1, 0.15) is 0 Å². The van der Waals surface area contributed by atoms with Gasteiger partial charge in [-0.2, -0.15) is 0 Å². The first kappa shape index (κ1) is 10.0. The van der Waals surface area contributed by atoms with Crippen LogP contribution in [-0.4, -0.2) is 9.55 Å². The minimum absolute atomic E-state index is 0.399. The number of aryl methyl sites for hydroxylation is 1. The second kappa shape index (κ2) is 3.57. The summed E-state index contributed by atoms with van der Waals surface area (Å²) in [4.78, 5) is 4.38. The molecule has 2 rings (SSSR count). The first-order chi connectivity index (χ1) is 7.15. The van der Waals surface area contributed by atoms with Crippen LogP contribution in [0.4, 0.5) is 5.95 Å². The van der Waals surface area contributed by atoms with Crippen LogP contribution in [0.25, 0.3) is 11.0 Å². The Labute approximate surface area is 89.9 Å². The van der Waals surface area contributed by atoms with Gasteiger partial charge in [-0.25, -0.2) is 4.98 Å². The van der Waals surface area contributed by atoms with Crippen molar-refractivity contribution in [3.8, 4) is 0 Å². The smallest absolute Gasteiger partial charge is 0.201 e. The molecule has 80 valence electrons. The molecule has 0 spiro atoms. The molecule has 0 radical (unpaired) electrons. The van der Waals surface area contributed by atoms with Crippen LogP contribution in [0.5, 0.6) is 0 Å². The van der Waals surface area contributed by atoms with E-state index >= 15 is 0 Å². The van der Waals surface area contributed by atoms with Gasteiger partial charge in [-0.1, -0.05) is 19.1 Å². The molecule has 15 heavy (non-hydrogen) atoms. The Balaban J connectivity index is 2.76. The predicted octanol–water partition coefficient (Wildman–Crippen LogP) is 2.90. The molecule has 1 aromatic heterocycles. The molecule has 0 aliphatic heterocycles. The van der Waals surface area contributed by atoms with Crippen molar-refractivity contribution in [2.75, 3.05) is 5.73 Å². The Kier molecular flexibility index (Phi) is 2.39. The number of aromatic nitrogens is 2. The van der Waals surface area contributed by atoms with Crippen LogP contribution < -0.4 is 5.73 Å². The number of benzene rings is 1. The third-order valence-corrected chi connectivity index (χ3v) is 2.97. The molecule has 0 fully saturated rings. The molecule has 1 aromatic carbocycles. The molecule has 3 nitrogen and oxygen atoms in total. The van der Waals surface area contributed by atoms with E-state index < -0.39 is 0 Å². The van der Waals surface area contributed by atoms with Gasteiger partial charge in [-0.15, -0.1) is 0 Å². The van der Waals surface area contributed by atoms with Crippen molar-refractivity contribution in [2.24, 2.45) is 0 Å². The molecule has 0 bridgehead atoms. The zero-order valence-corrected chi connectivity index (χ0v) is 9.49. The number of anilines is 1. The summed E-state index contributed by atoms with van der Waals surface area (Å²) in [5, 5.41) is 0. The standard InChI is InChI=1S/C12H17N3/c1-4-9(3)15-11-8(2)6-5-7-10(11)14-12(15)13/h5-7,9H,4H2,1-3H3,(H2,13,14). The van der Waals surface area contributed by atoms with Crippen LogP contribution in [0.1, 0.15) is 31.9 Å². The van der Waals surface area contributed by atoms with E-state index in [0.717, 1.165) is 11.9 Å². The van der Waals surface area contributed by atoms with E-state index in [1.807, 2.05) is 12.1 Å². The Morgan fingerprint density at radius 1 is 1.47 bits per heavy atom. The fourth-order valence-corrected chi connectivity index (χ4v) is 1.97. The molecule has 0 amide bonds. The van der Waals surface area contributed by atoms with Crippen molar-refractivity contribution in [1.29, 1.82) is 0 Å². The van der Waals surface area contributed by atoms with Crippen molar-refractivity contribution in [1.82, 2.24) is 9.55 Å². The highest BCUT2D eigenvalue weighted by Crippen LogP contribution is 2.26. The molecule has 0 aliphatic rings. The number of nitrogen functional groups attached to an aromatic ring is 1. The molecule has 0 aliphatic carbocycles. The molecule has 1 atom stereocenters. The summed E-state index contributed by atoms with van der Waals surface area (Å²) in [6, 6.07) is 6.53. The summed E-state index contributed by atoms with van der Waals surface area (Å²) < 4.78 is 2.13. The number of hydrogen-bond donors (Lipinski definition) is 1. The van der Waals surface area contributed by atoms with Crippen LogP contribution in [0, 0.1) is 6.92 Å². The van der Waals surface area contributed by atoms with Crippen molar-refractivity contribution in [3.63, 3.8) is 0 Å². The summed E-state index contributed by atoms with van der Waals surface area (Å²) in [7, 11) is 0. The molecule has 2 N–H and O–H groups in total. The normalized spacial score (nSPS) is 13.3. The lowest BCUT2D eigenvalue weighted by Gasteiger charge is -2.14. The maximum atomic E-state index is 5.95. The second-order valence-electron chi connectivity index (χ2n) is 4.04. The maximum absolute atomic E-state index is 5.95. The first-order valence-corrected chi connectivity index (χ1v) is 5.38. The average molecular weight is 203 g/mol. The Morgan fingerprint density at radius 3 is 2.87 bits per heavy atom. The van der Waals surface area contributed by atoms with E-state index in [1.165, 1.54) is 11.1 Å². The number of nitrogens with two attached hydrogens (primary N) is 1. The number of rotatable bonds is 2. The maximum Gasteiger partial charge on any atom is 0.201 e. The topological polar surface area (TPSA) is 43.8 Å². The predicted molar refractivity (Wildman–Crippen MR) is 63.9 cm³/mol. The molecule has 1 heterocycles. The zero-order chi connectivity index (χ0) is 11.0. The summed E-state index contributed by atoms with van der Waals surface area (Å²) in [6.45, 7) is 6.43. The lowest BCUT2D eigenvalue weighted by Crippen LogP contribution is -2.08. The lowest BCUT2D eigenvalue weighted by molar-refractivity contribution is 0.551. The van der Waals surface area contributed by atoms with Crippen molar-refractivity contribution < 1.29 is 0 Å². The Hall–Kier alpha value is -1.51. The van der Waals surface area contributed by atoms with Gasteiger partial charge in [-0.3, -0.25) is 0 Å². The fourth-order valence-electron chi connectivity index (χ4n) is 1.97. The number of nitrogens with zero attached hydrogens (tertiary/aromatic N) is 2. The SMILES string of the molecule is CCC(C)n1c(N)nc2cccc(C)c21. The molecule has 0 saturated heterocycles. The highest BCUT2D eigenvalue weighted by molar-refractivity contribution is 5.81. The van der Waals surface area contributed by atoms with Gasteiger partial charge in [0.2, 0.25) is 5.95 Å². The Morgan fingerprint density at radius 2 is 2.20 bits per heavy atom. The minimum atomic E-state index is 0.399. The quantitative estimate of drug-likeness (QED) is 0.815. The molecular weight excluding hydrogens is 186 g/mol. The third kappa shape index (κ3) is 1.48. The number of imidazole rings is 1. The fraction of sp³-hybridized carbons (Fsp3) is 0.417. The van der Waals surface area contributed by atoms with E-state index in [9.17, 15) is 0 Å². The second-order valence-corrected chi connectivity index (χ2v) is 4.04. The van der Waals surface area contributed by atoms with Gasteiger partial charge in [0.15, 0.2) is 0 Å². The summed E-state index contributed by atoms with van der Waals surface area (Å²) in [6.07, 6.45) is 1.06. The number of hydrogen-bond acceptors (Lipinski definition) is 2. The van der Waals surface area contributed by atoms with E-state index in [-0.39, 0.29) is 0 Å². The van der Waals surface area contributed by atoms with E-state index in [1.54, 1.807) is 0 Å². The molecule has 1 unspecified atom stereocenters. The van der Waals surface area contributed by atoms with Crippen LogP contribution in [0.2, 0.25) is 0 Å². The van der Waals surface area contributed by atoms with Gasteiger partial charge in [0.05, 0.1) is 11.0 Å². The third-order valence-electron chi connectivity index (χ3n) is 2.97. The van der Waals surface area contributed by atoms with Crippen LogP contribution in [0.15, 0.2) is 18.2 Å². The highest BCUT2D eigenvalue weighted by atomic mass is 15.2. The Bertz CT molecular complexity index is 485. The van der Waals surface area contributed by atoms with E-state index in [2.05, 4.69) is 36.4 Å². The summed E-state index contributed by atoms with van der Waals surface area (Å²) in [5.41, 5.74) is 9.35. The van der Waals surface area contributed by atoms with E-state index in [0.29, 0.717) is 12.0 Å². The average Bonchev–Trinajstić information content (AvgIpc) is 2.55. The molecule has 2 aromatic rings.